The number of anilines is 1. The lowest BCUT2D eigenvalue weighted by molar-refractivity contribution is -0.125. The minimum absolute atomic E-state index is 0.0671. The maximum Gasteiger partial charge on any atom is 0.351 e. The lowest BCUT2D eigenvalue weighted by atomic mass is 9.79. The van der Waals surface area contributed by atoms with Crippen molar-refractivity contribution in [3.63, 3.8) is 0 Å². The van der Waals surface area contributed by atoms with Gasteiger partial charge in [-0.25, -0.2) is 4.79 Å². The van der Waals surface area contributed by atoms with Crippen molar-refractivity contribution in [1.82, 2.24) is 9.55 Å². The van der Waals surface area contributed by atoms with E-state index in [1.165, 1.54) is 16.8 Å². The van der Waals surface area contributed by atoms with Gasteiger partial charge in [0.2, 0.25) is 0 Å². The molecular formula is C47H41N3O5. The predicted molar refractivity (Wildman–Crippen MR) is 212 cm³/mol. The van der Waals surface area contributed by atoms with Gasteiger partial charge < -0.3 is 25.1 Å². The molecule has 0 bridgehead atoms. The lowest BCUT2D eigenvalue weighted by Crippen LogP contribution is -2.46. The van der Waals surface area contributed by atoms with E-state index in [1.54, 1.807) is 0 Å². The lowest BCUT2D eigenvalue weighted by Gasteiger charge is -2.40. The molecule has 1 aromatic heterocycles. The first-order valence-electron chi connectivity index (χ1n) is 18.3. The first kappa shape index (κ1) is 35.8. The zero-order valence-electron chi connectivity index (χ0n) is 30.0. The van der Waals surface area contributed by atoms with Crippen molar-refractivity contribution in [2.24, 2.45) is 0 Å². The van der Waals surface area contributed by atoms with Gasteiger partial charge in [-0.2, -0.15) is 4.98 Å². The summed E-state index contributed by atoms with van der Waals surface area (Å²) in [7, 11) is 0. The van der Waals surface area contributed by atoms with Gasteiger partial charge in [-0.1, -0.05) is 182 Å². The van der Waals surface area contributed by atoms with Gasteiger partial charge in [-0.15, -0.1) is 0 Å². The van der Waals surface area contributed by atoms with Crippen molar-refractivity contribution in [3.05, 3.63) is 238 Å². The number of ether oxygens (including phenoxy) is 3. The third-order valence-corrected chi connectivity index (χ3v) is 10.3. The first-order chi connectivity index (χ1) is 27.0. The second-order valence-electron chi connectivity index (χ2n) is 13.5. The van der Waals surface area contributed by atoms with Crippen LogP contribution in [0.15, 0.2) is 199 Å². The Kier molecular flexibility index (Phi) is 10.2. The fourth-order valence-electron chi connectivity index (χ4n) is 7.73. The summed E-state index contributed by atoms with van der Waals surface area (Å²) in [5, 5.41) is 12.5. The van der Waals surface area contributed by atoms with Crippen molar-refractivity contribution in [2.75, 3.05) is 12.3 Å². The zero-order valence-corrected chi connectivity index (χ0v) is 30.0. The van der Waals surface area contributed by atoms with Gasteiger partial charge in [0.25, 0.3) is 0 Å². The monoisotopic (exact) mass is 727 g/mol. The highest BCUT2D eigenvalue weighted by atomic mass is 16.6. The number of aliphatic hydroxyl groups is 1. The van der Waals surface area contributed by atoms with Crippen LogP contribution < -0.4 is 11.4 Å². The Morgan fingerprint density at radius 3 is 1.31 bits per heavy atom. The van der Waals surface area contributed by atoms with Crippen molar-refractivity contribution in [3.8, 4) is 0 Å². The molecule has 0 unspecified atom stereocenters. The van der Waals surface area contributed by atoms with E-state index in [0.717, 1.165) is 33.4 Å². The minimum atomic E-state index is -1.27. The Morgan fingerprint density at radius 1 is 0.582 bits per heavy atom. The molecule has 3 N–H and O–H groups in total. The summed E-state index contributed by atoms with van der Waals surface area (Å²) in [4.78, 5) is 17.6. The van der Waals surface area contributed by atoms with E-state index < -0.39 is 41.4 Å². The average Bonchev–Trinajstić information content (AvgIpc) is 3.55. The van der Waals surface area contributed by atoms with Gasteiger partial charge in [0.15, 0.2) is 6.23 Å². The molecule has 4 atom stereocenters. The molecule has 0 spiro atoms. The van der Waals surface area contributed by atoms with Crippen molar-refractivity contribution in [2.45, 2.75) is 35.7 Å². The van der Waals surface area contributed by atoms with E-state index in [-0.39, 0.29) is 12.4 Å². The van der Waals surface area contributed by atoms with Gasteiger partial charge >= 0.3 is 5.69 Å². The fraction of sp³-hybridized carbons (Fsp3) is 0.149. The summed E-state index contributed by atoms with van der Waals surface area (Å²) in [6.45, 7) is -0.0671. The van der Waals surface area contributed by atoms with Crippen LogP contribution >= 0.6 is 0 Å². The van der Waals surface area contributed by atoms with E-state index in [0.29, 0.717) is 0 Å². The smallest absolute Gasteiger partial charge is 0.351 e. The number of rotatable bonds is 12. The van der Waals surface area contributed by atoms with E-state index in [9.17, 15) is 9.90 Å². The van der Waals surface area contributed by atoms with Gasteiger partial charge in [-0.05, 0) is 39.4 Å². The Hall–Kier alpha value is -6.16. The van der Waals surface area contributed by atoms with Gasteiger partial charge in [-0.3, -0.25) is 4.57 Å². The van der Waals surface area contributed by atoms with Crippen LogP contribution in [-0.2, 0) is 25.4 Å². The topological polar surface area (TPSA) is 109 Å². The molecule has 8 nitrogen and oxygen atoms in total. The number of aromatic nitrogens is 2. The number of benzene rings is 6. The Labute approximate surface area is 320 Å². The standard InChI is InChI=1S/C47H41N3O5/c48-41-31-32-50(45(52)49-41)44-43(55-47(37-25-13-4-14-26-37,38-27-15-5-16-28-38)39-29-17-6-18-30-39)42(51)40(54-44)33-53-46(34-19-7-1-8-20-34,35-21-9-2-10-22-35)36-23-11-3-12-24-36/h1-32,40,42-44,51H,33H2,(H2,48,49,52)/t40-,42-,43-,44-/m1/s1. The molecule has 0 radical (unpaired) electrons. The van der Waals surface area contributed by atoms with Crippen LogP contribution in [0.1, 0.15) is 39.6 Å². The molecule has 1 fully saturated rings. The molecule has 274 valence electrons. The summed E-state index contributed by atoms with van der Waals surface area (Å²) in [6.07, 6.45) is -2.91. The van der Waals surface area contributed by atoms with Crippen molar-refractivity contribution >= 4 is 5.82 Å². The van der Waals surface area contributed by atoms with Crippen LogP contribution in [0.5, 0.6) is 0 Å². The molecule has 1 aliphatic rings. The summed E-state index contributed by atoms with van der Waals surface area (Å²) in [5.74, 6) is 0.0720. The van der Waals surface area contributed by atoms with Crippen LogP contribution in [0.2, 0.25) is 0 Å². The van der Waals surface area contributed by atoms with Crippen LogP contribution in [0, 0.1) is 0 Å². The molecule has 1 aliphatic heterocycles. The van der Waals surface area contributed by atoms with Crippen molar-refractivity contribution in [1.29, 1.82) is 0 Å². The maximum absolute atomic E-state index is 13.6. The number of aliphatic hydroxyl groups excluding tert-OH is 1. The third kappa shape index (κ3) is 6.77. The summed E-state index contributed by atoms with van der Waals surface area (Å²) in [6, 6.07) is 61.2. The van der Waals surface area contributed by atoms with Crippen LogP contribution in [-0.4, -0.2) is 39.6 Å². The van der Waals surface area contributed by atoms with Gasteiger partial charge in [0.1, 0.15) is 35.3 Å². The Bertz CT molecular complexity index is 2150. The highest BCUT2D eigenvalue weighted by Crippen LogP contribution is 2.46. The molecule has 1 saturated heterocycles. The predicted octanol–water partition coefficient (Wildman–Crippen LogP) is 7.47. The van der Waals surface area contributed by atoms with E-state index in [2.05, 4.69) is 4.98 Å². The molecule has 7 aromatic rings. The van der Waals surface area contributed by atoms with Crippen molar-refractivity contribution < 1.29 is 19.3 Å². The Balaban J connectivity index is 1.26. The molecule has 0 aliphatic carbocycles. The SMILES string of the molecule is Nc1ccn([C@@H]2O[C@H](COC(c3ccccc3)(c3ccccc3)c3ccccc3)[C@@H](O)[C@H]2OC(c2ccccc2)(c2ccccc2)c2ccccc2)c(=O)n1. The first-order valence-corrected chi connectivity index (χ1v) is 18.3. The fourth-order valence-corrected chi connectivity index (χ4v) is 7.73. The molecule has 6 aromatic carbocycles. The molecule has 0 saturated carbocycles. The normalized spacial score (nSPS) is 18.6. The molecule has 0 amide bonds. The highest BCUT2D eigenvalue weighted by molar-refractivity contribution is 5.49. The number of nitrogens with zero attached hydrogens (tertiary/aromatic N) is 2. The van der Waals surface area contributed by atoms with E-state index >= 15 is 0 Å². The third-order valence-electron chi connectivity index (χ3n) is 10.3. The van der Waals surface area contributed by atoms with Crippen LogP contribution in [0.25, 0.3) is 0 Å². The number of nitrogens with two attached hydrogens (primary N) is 1. The quantitative estimate of drug-likeness (QED) is 0.126. The van der Waals surface area contributed by atoms with Crippen LogP contribution in [0.4, 0.5) is 5.82 Å². The maximum atomic E-state index is 13.6. The van der Waals surface area contributed by atoms with E-state index in [1.807, 2.05) is 182 Å². The molecule has 55 heavy (non-hydrogen) atoms. The highest BCUT2D eigenvalue weighted by Gasteiger charge is 2.52. The van der Waals surface area contributed by atoms with Gasteiger partial charge in [0.05, 0.1) is 6.61 Å². The summed E-state index contributed by atoms with van der Waals surface area (Å²) >= 11 is 0. The summed E-state index contributed by atoms with van der Waals surface area (Å²) in [5.41, 5.74) is 8.19. The minimum Gasteiger partial charge on any atom is -0.387 e. The number of hydrogen-bond donors (Lipinski definition) is 2. The molecular weight excluding hydrogens is 687 g/mol. The Morgan fingerprint density at radius 2 is 0.945 bits per heavy atom. The van der Waals surface area contributed by atoms with Crippen LogP contribution in [0.3, 0.4) is 0 Å². The number of hydrogen-bond acceptors (Lipinski definition) is 7. The largest absolute Gasteiger partial charge is 0.387 e. The molecule has 8 heteroatoms. The zero-order chi connectivity index (χ0) is 37.7. The second-order valence-corrected chi connectivity index (χ2v) is 13.5. The molecule has 8 rings (SSSR count). The average molecular weight is 728 g/mol. The summed E-state index contributed by atoms with van der Waals surface area (Å²) < 4.78 is 22.6. The molecule has 2 heterocycles. The second kappa shape index (κ2) is 15.7. The number of nitrogen functional groups attached to an aromatic ring is 1. The van der Waals surface area contributed by atoms with Gasteiger partial charge in [0, 0.05) is 6.20 Å². The van der Waals surface area contributed by atoms with E-state index in [4.69, 9.17) is 19.9 Å².